The predicted octanol–water partition coefficient (Wildman–Crippen LogP) is 2.49. The molecule has 0 unspecified atom stereocenters. The number of nitrogens with one attached hydrogen (secondary N) is 2. The Hall–Kier alpha value is -1.35. The van der Waals surface area contributed by atoms with Crippen molar-refractivity contribution in [2.45, 2.75) is 12.8 Å². The minimum absolute atomic E-state index is 0. The summed E-state index contributed by atoms with van der Waals surface area (Å²) in [5.74, 6) is 1.99. The molecule has 22 heavy (non-hydrogen) atoms. The van der Waals surface area contributed by atoms with Crippen LogP contribution < -0.4 is 10.6 Å². The number of hydrogen-bond acceptors (Lipinski definition) is 6. The van der Waals surface area contributed by atoms with Gasteiger partial charge in [0.15, 0.2) is 5.96 Å². The molecule has 3 rings (SSSR count). The van der Waals surface area contributed by atoms with Gasteiger partial charge in [-0.2, -0.15) is 4.98 Å². The fourth-order valence-corrected chi connectivity index (χ4v) is 2.23. The van der Waals surface area contributed by atoms with Crippen LogP contribution in [0.2, 0.25) is 5.02 Å². The number of nitrogens with zero attached hydrogens (tertiary/aromatic N) is 3. The quantitative estimate of drug-likeness (QED) is 0.725. The van der Waals surface area contributed by atoms with Crippen LogP contribution in [0.4, 0.5) is 0 Å². The van der Waals surface area contributed by atoms with Crippen molar-refractivity contribution >= 4 is 41.5 Å². The molecule has 1 aliphatic rings. The molecule has 0 fully saturated rings. The van der Waals surface area contributed by atoms with Crippen molar-refractivity contribution in [1.29, 1.82) is 0 Å². The average molecular weight is 434 g/mol. The Balaban J connectivity index is 0.00000176. The maximum atomic E-state index is 5.95. The number of guanidine groups is 1. The lowest BCUT2D eigenvalue weighted by atomic mass is 10.2. The van der Waals surface area contributed by atoms with E-state index in [-0.39, 0.29) is 24.0 Å². The van der Waals surface area contributed by atoms with Gasteiger partial charge in [-0.15, -0.1) is 24.0 Å². The molecule has 0 amide bonds. The van der Waals surface area contributed by atoms with E-state index in [0.717, 1.165) is 31.0 Å². The van der Waals surface area contributed by atoms with E-state index in [1.807, 2.05) is 24.3 Å². The second-order valence-corrected chi connectivity index (χ2v) is 5.15. The summed E-state index contributed by atoms with van der Waals surface area (Å²) >= 11 is 5.95. The lowest BCUT2D eigenvalue weighted by molar-refractivity contribution is 0.378. The third-order valence-corrected chi connectivity index (χ3v) is 3.31. The molecule has 1 aromatic carbocycles. The molecule has 6 nitrogen and oxygen atoms in total. The second-order valence-electron chi connectivity index (χ2n) is 4.71. The third kappa shape index (κ3) is 4.57. The summed E-state index contributed by atoms with van der Waals surface area (Å²) < 4.78 is 5.24. The molecule has 8 heteroatoms. The Bertz CT molecular complexity index is 646. The van der Waals surface area contributed by atoms with E-state index in [1.54, 1.807) is 0 Å². The first-order valence-corrected chi connectivity index (χ1v) is 7.30. The maximum Gasteiger partial charge on any atom is 0.228 e. The molecule has 0 saturated heterocycles. The Morgan fingerprint density at radius 1 is 1.36 bits per heavy atom. The molecular formula is C14H17ClIN5O. The fourth-order valence-electron chi connectivity index (χ4n) is 2.04. The van der Waals surface area contributed by atoms with Crippen LogP contribution in [0.1, 0.15) is 12.3 Å². The molecule has 2 N–H and O–H groups in total. The van der Waals surface area contributed by atoms with Gasteiger partial charge >= 0.3 is 0 Å². The summed E-state index contributed by atoms with van der Waals surface area (Å²) in [5.41, 5.74) is 0.851. The summed E-state index contributed by atoms with van der Waals surface area (Å²) in [6, 6.07) is 7.39. The van der Waals surface area contributed by atoms with Crippen molar-refractivity contribution in [2.24, 2.45) is 4.99 Å². The third-order valence-electron chi connectivity index (χ3n) is 3.08. The normalized spacial score (nSPS) is 13.8. The van der Waals surface area contributed by atoms with Gasteiger partial charge < -0.3 is 15.2 Å². The molecule has 1 aliphatic heterocycles. The topological polar surface area (TPSA) is 75.3 Å². The minimum atomic E-state index is 0. The zero-order chi connectivity index (χ0) is 14.5. The van der Waals surface area contributed by atoms with Crippen LogP contribution >= 0.6 is 35.6 Å². The summed E-state index contributed by atoms with van der Waals surface area (Å²) in [6.45, 7) is 2.53. The van der Waals surface area contributed by atoms with Gasteiger partial charge in [0.05, 0.1) is 0 Å². The monoisotopic (exact) mass is 433 g/mol. The van der Waals surface area contributed by atoms with Crippen molar-refractivity contribution in [1.82, 2.24) is 20.8 Å². The smallest absolute Gasteiger partial charge is 0.228 e. The van der Waals surface area contributed by atoms with E-state index < -0.39 is 0 Å². The van der Waals surface area contributed by atoms with Crippen molar-refractivity contribution in [3.8, 4) is 11.4 Å². The fraction of sp³-hybridized carbons (Fsp3) is 0.357. The Labute approximate surface area is 150 Å². The highest BCUT2D eigenvalue weighted by Gasteiger charge is 2.09. The molecule has 2 aromatic rings. The largest absolute Gasteiger partial charge is 0.356 e. The van der Waals surface area contributed by atoms with Gasteiger partial charge in [-0.3, -0.25) is 4.99 Å². The zero-order valence-corrected chi connectivity index (χ0v) is 15.0. The maximum absolute atomic E-state index is 5.95. The molecule has 0 radical (unpaired) electrons. The summed E-state index contributed by atoms with van der Waals surface area (Å²) in [5, 5.41) is 11.0. The molecule has 0 aliphatic carbocycles. The van der Waals surface area contributed by atoms with Crippen molar-refractivity contribution in [2.75, 3.05) is 19.6 Å². The van der Waals surface area contributed by atoms with Gasteiger partial charge in [0.25, 0.3) is 0 Å². The first-order valence-electron chi connectivity index (χ1n) is 6.92. The lowest BCUT2D eigenvalue weighted by Gasteiger charge is -2.15. The van der Waals surface area contributed by atoms with E-state index in [1.165, 1.54) is 0 Å². The van der Waals surface area contributed by atoms with Crippen LogP contribution in [-0.4, -0.2) is 35.7 Å². The molecule has 0 spiro atoms. The number of hydrogen-bond donors (Lipinski definition) is 2. The Morgan fingerprint density at radius 3 is 3.05 bits per heavy atom. The van der Waals surface area contributed by atoms with E-state index in [9.17, 15) is 0 Å². The molecule has 0 atom stereocenters. The number of aromatic nitrogens is 2. The van der Waals surface area contributed by atoms with Crippen molar-refractivity contribution in [3.05, 3.63) is 35.2 Å². The van der Waals surface area contributed by atoms with Crippen LogP contribution in [-0.2, 0) is 6.42 Å². The lowest BCUT2D eigenvalue weighted by Crippen LogP contribution is -2.41. The highest BCUT2D eigenvalue weighted by Crippen LogP contribution is 2.19. The Morgan fingerprint density at radius 2 is 2.27 bits per heavy atom. The SMILES string of the molecule is Clc1cccc(-c2noc(CCNC3=NCCCN3)n2)c1.I. The van der Waals surface area contributed by atoms with Crippen molar-refractivity contribution < 1.29 is 4.52 Å². The van der Waals surface area contributed by atoms with E-state index in [0.29, 0.717) is 29.7 Å². The summed E-state index contributed by atoms with van der Waals surface area (Å²) in [6.07, 6.45) is 1.73. The van der Waals surface area contributed by atoms with Crippen LogP contribution in [0.15, 0.2) is 33.8 Å². The van der Waals surface area contributed by atoms with Gasteiger partial charge in [0, 0.05) is 36.6 Å². The number of rotatable bonds is 4. The number of aliphatic imine (C=N–C) groups is 1. The Kier molecular flexibility index (Phi) is 6.44. The van der Waals surface area contributed by atoms with Gasteiger partial charge in [0.1, 0.15) is 0 Å². The number of benzene rings is 1. The zero-order valence-electron chi connectivity index (χ0n) is 11.9. The standard InChI is InChI=1S/C14H16ClN5O.HI/c15-11-4-1-3-10(9-11)13-19-12(21-20-13)5-8-18-14-16-6-2-7-17-14;/h1,3-4,9H,2,5-8H2,(H2,16,17,18);1H. The van der Waals surface area contributed by atoms with Crippen LogP contribution in [0.5, 0.6) is 0 Å². The number of halogens is 2. The highest BCUT2D eigenvalue weighted by molar-refractivity contribution is 14.0. The van der Waals surface area contributed by atoms with E-state index in [4.69, 9.17) is 16.1 Å². The van der Waals surface area contributed by atoms with Gasteiger partial charge in [-0.25, -0.2) is 0 Å². The highest BCUT2D eigenvalue weighted by atomic mass is 127. The van der Waals surface area contributed by atoms with E-state index >= 15 is 0 Å². The molecule has 0 saturated carbocycles. The van der Waals surface area contributed by atoms with Crippen LogP contribution in [0.3, 0.4) is 0 Å². The van der Waals surface area contributed by atoms with Gasteiger partial charge in [0.2, 0.25) is 11.7 Å². The minimum Gasteiger partial charge on any atom is -0.356 e. The van der Waals surface area contributed by atoms with Crippen molar-refractivity contribution in [3.63, 3.8) is 0 Å². The molecular weight excluding hydrogens is 417 g/mol. The first-order chi connectivity index (χ1) is 10.3. The molecule has 0 bridgehead atoms. The van der Waals surface area contributed by atoms with Gasteiger partial charge in [-0.1, -0.05) is 28.9 Å². The molecule has 118 valence electrons. The average Bonchev–Trinajstić information content (AvgIpc) is 2.97. The van der Waals surface area contributed by atoms with Gasteiger partial charge in [-0.05, 0) is 18.6 Å². The predicted molar refractivity (Wildman–Crippen MR) is 96.8 cm³/mol. The summed E-state index contributed by atoms with van der Waals surface area (Å²) in [4.78, 5) is 8.70. The van der Waals surface area contributed by atoms with Crippen LogP contribution in [0, 0.1) is 0 Å². The van der Waals surface area contributed by atoms with E-state index in [2.05, 4.69) is 25.8 Å². The molecule has 1 aromatic heterocycles. The first kappa shape index (κ1) is 17.0. The summed E-state index contributed by atoms with van der Waals surface area (Å²) in [7, 11) is 0. The molecule has 2 heterocycles. The van der Waals surface area contributed by atoms with Crippen LogP contribution in [0.25, 0.3) is 11.4 Å². The second kappa shape index (κ2) is 8.33.